The van der Waals surface area contributed by atoms with Crippen LogP contribution in [0, 0.1) is 5.82 Å². The van der Waals surface area contributed by atoms with Crippen LogP contribution in [0.25, 0.3) is 0 Å². The Balaban J connectivity index is 2.27. The zero-order valence-electron chi connectivity index (χ0n) is 11.3. The Morgan fingerprint density at radius 3 is 2.57 bits per heavy atom. The van der Waals surface area contributed by atoms with Crippen molar-refractivity contribution in [1.82, 2.24) is 10.6 Å². The molecule has 0 aromatic heterocycles. The molecule has 0 aliphatic heterocycles. The first-order valence-electron chi connectivity index (χ1n) is 6.13. The molecule has 8 heteroatoms. The summed E-state index contributed by atoms with van der Waals surface area (Å²) in [6, 6.07) is 4.88. The molecule has 0 aliphatic carbocycles. The molecule has 0 radical (unpaired) electrons. The van der Waals surface area contributed by atoms with E-state index in [0.717, 1.165) is 0 Å². The van der Waals surface area contributed by atoms with Crippen LogP contribution < -0.4 is 15.4 Å². The molecule has 0 atom stereocenters. The zero-order chi connectivity index (χ0) is 15.7. The number of carbonyl (C=O) groups excluding carboxylic acids is 3. The van der Waals surface area contributed by atoms with Gasteiger partial charge in [0.25, 0.3) is 5.91 Å². The maximum atomic E-state index is 13.2. The van der Waals surface area contributed by atoms with Crippen LogP contribution in [0.1, 0.15) is 6.92 Å². The highest BCUT2D eigenvalue weighted by atomic mass is 19.1. The van der Waals surface area contributed by atoms with E-state index in [4.69, 9.17) is 4.74 Å². The summed E-state index contributed by atoms with van der Waals surface area (Å²) in [6.07, 6.45) is 0. The second kappa shape index (κ2) is 8.51. The number of hydrogen-bond acceptors (Lipinski definition) is 5. The van der Waals surface area contributed by atoms with Gasteiger partial charge in [0, 0.05) is 6.54 Å². The van der Waals surface area contributed by atoms with Crippen LogP contribution in [0.5, 0.6) is 5.75 Å². The Labute approximate surface area is 120 Å². The number of nitrogens with one attached hydrogen (secondary N) is 2. The lowest BCUT2D eigenvalue weighted by atomic mass is 10.3. The third kappa shape index (κ3) is 6.37. The number of hydrogen-bond donors (Lipinski definition) is 2. The lowest BCUT2D eigenvalue weighted by Crippen LogP contribution is -2.41. The standard InChI is InChI=1S/C13H15FN2O5/c1-2-15-13(19)16-11(17)7-21-12(18)8-20-10-6-4-3-5-9(10)14/h3-6H,2,7-8H2,1H3,(H2,15,16,17,19). The van der Waals surface area contributed by atoms with Gasteiger partial charge in [-0.25, -0.2) is 14.0 Å². The van der Waals surface area contributed by atoms with Crippen molar-refractivity contribution in [2.45, 2.75) is 6.92 Å². The van der Waals surface area contributed by atoms with Gasteiger partial charge in [0.2, 0.25) is 0 Å². The van der Waals surface area contributed by atoms with E-state index in [1.807, 2.05) is 5.32 Å². The maximum absolute atomic E-state index is 13.2. The minimum atomic E-state index is -0.857. The fraction of sp³-hybridized carbons (Fsp3) is 0.308. The molecule has 0 fully saturated rings. The molecular formula is C13H15FN2O5. The van der Waals surface area contributed by atoms with Crippen molar-refractivity contribution in [3.8, 4) is 5.75 Å². The van der Waals surface area contributed by atoms with Gasteiger partial charge >= 0.3 is 12.0 Å². The van der Waals surface area contributed by atoms with Gasteiger partial charge in [-0.05, 0) is 19.1 Å². The van der Waals surface area contributed by atoms with Crippen LogP contribution in [0.2, 0.25) is 0 Å². The first-order chi connectivity index (χ1) is 10.0. The smallest absolute Gasteiger partial charge is 0.344 e. The van der Waals surface area contributed by atoms with Gasteiger partial charge in [-0.2, -0.15) is 0 Å². The van der Waals surface area contributed by atoms with Crippen LogP contribution in [0.3, 0.4) is 0 Å². The molecule has 1 aromatic rings. The normalized spacial score (nSPS) is 9.62. The molecule has 1 rings (SSSR count). The molecule has 0 unspecified atom stereocenters. The van der Waals surface area contributed by atoms with Crippen molar-refractivity contribution in [3.63, 3.8) is 0 Å². The maximum Gasteiger partial charge on any atom is 0.344 e. The lowest BCUT2D eigenvalue weighted by Gasteiger charge is -2.08. The highest BCUT2D eigenvalue weighted by Gasteiger charge is 2.11. The van der Waals surface area contributed by atoms with E-state index in [1.54, 1.807) is 13.0 Å². The van der Waals surface area contributed by atoms with Crippen molar-refractivity contribution in [3.05, 3.63) is 30.1 Å². The average molecular weight is 298 g/mol. The van der Waals surface area contributed by atoms with Gasteiger partial charge in [0.05, 0.1) is 0 Å². The SMILES string of the molecule is CCNC(=O)NC(=O)COC(=O)COc1ccccc1F. The lowest BCUT2D eigenvalue weighted by molar-refractivity contribution is -0.150. The minimum absolute atomic E-state index is 0.0961. The van der Waals surface area contributed by atoms with E-state index in [0.29, 0.717) is 6.54 Å². The van der Waals surface area contributed by atoms with Gasteiger partial charge < -0.3 is 14.8 Å². The predicted octanol–water partition coefficient (Wildman–Crippen LogP) is 0.593. The first kappa shape index (κ1) is 16.4. The van der Waals surface area contributed by atoms with Crippen molar-refractivity contribution >= 4 is 17.9 Å². The molecule has 114 valence electrons. The van der Waals surface area contributed by atoms with E-state index >= 15 is 0 Å². The highest BCUT2D eigenvalue weighted by molar-refractivity contribution is 5.95. The Morgan fingerprint density at radius 1 is 1.19 bits per heavy atom. The number of ether oxygens (including phenoxy) is 2. The molecule has 0 bridgehead atoms. The molecule has 0 aliphatic rings. The average Bonchev–Trinajstić information content (AvgIpc) is 2.44. The molecule has 0 saturated carbocycles. The summed E-state index contributed by atoms with van der Waals surface area (Å²) in [5.74, 6) is -2.34. The third-order valence-electron chi connectivity index (χ3n) is 2.14. The van der Waals surface area contributed by atoms with Crippen LogP contribution in [-0.4, -0.2) is 37.7 Å². The topological polar surface area (TPSA) is 93.7 Å². The largest absolute Gasteiger partial charge is 0.479 e. The highest BCUT2D eigenvalue weighted by Crippen LogP contribution is 2.14. The summed E-state index contributed by atoms with van der Waals surface area (Å²) in [5, 5.41) is 4.29. The number of halogens is 1. The number of amides is 3. The molecule has 0 heterocycles. The first-order valence-corrected chi connectivity index (χ1v) is 6.13. The van der Waals surface area contributed by atoms with Crippen molar-refractivity contribution in [2.75, 3.05) is 19.8 Å². The number of rotatable bonds is 6. The molecule has 1 aromatic carbocycles. The second-order valence-corrected chi connectivity index (χ2v) is 3.79. The molecule has 2 N–H and O–H groups in total. The fourth-order valence-corrected chi connectivity index (χ4v) is 1.25. The van der Waals surface area contributed by atoms with Gasteiger partial charge in [-0.15, -0.1) is 0 Å². The summed E-state index contributed by atoms with van der Waals surface area (Å²) in [6.45, 7) is 0.867. The summed E-state index contributed by atoms with van der Waals surface area (Å²) >= 11 is 0. The molecule has 0 saturated heterocycles. The molecule has 7 nitrogen and oxygen atoms in total. The number of urea groups is 1. The van der Waals surface area contributed by atoms with Crippen LogP contribution >= 0.6 is 0 Å². The van der Waals surface area contributed by atoms with E-state index in [1.165, 1.54) is 18.2 Å². The molecule has 0 spiro atoms. The molecular weight excluding hydrogens is 283 g/mol. The van der Waals surface area contributed by atoms with Crippen molar-refractivity contribution in [2.24, 2.45) is 0 Å². The van der Waals surface area contributed by atoms with Gasteiger partial charge in [-0.1, -0.05) is 12.1 Å². The number of benzene rings is 1. The molecule has 3 amide bonds. The monoisotopic (exact) mass is 298 g/mol. The Hall–Kier alpha value is -2.64. The summed E-state index contributed by atoms with van der Waals surface area (Å²) in [7, 11) is 0. The summed E-state index contributed by atoms with van der Waals surface area (Å²) < 4.78 is 22.6. The number of carbonyl (C=O) groups is 3. The van der Waals surface area contributed by atoms with Gasteiger partial charge in [0.15, 0.2) is 24.8 Å². The number of para-hydroxylation sites is 1. The van der Waals surface area contributed by atoms with Crippen molar-refractivity contribution in [1.29, 1.82) is 0 Å². The van der Waals surface area contributed by atoms with E-state index in [2.05, 4.69) is 10.1 Å². The fourth-order valence-electron chi connectivity index (χ4n) is 1.25. The number of esters is 1. The van der Waals surface area contributed by atoms with Gasteiger partial charge in [0.1, 0.15) is 0 Å². The molecule has 21 heavy (non-hydrogen) atoms. The number of imide groups is 1. The Kier molecular flexibility index (Phi) is 6.66. The summed E-state index contributed by atoms with van der Waals surface area (Å²) in [4.78, 5) is 33.5. The van der Waals surface area contributed by atoms with E-state index in [9.17, 15) is 18.8 Å². The summed E-state index contributed by atoms with van der Waals surface area (Å²) in [5.41, 5.74) is 0. The quantitative estimate of drug-likeness (QED) is 0.750. The van der Waals surface area contributed by atoms with Crippen molar-refractivity contribution < 1.29 is 28.2 Å². The Bertz CT molecular complexity index is 521. The second-order valence-electron chi connectivity index (χ2n) is 3.79. The van der Waals surface area contributed by atoms with Crippen LogP contribution in [-0.2, 0) is 14.3 Å². The minimum Gasteiger partial charge on any atom is -0.479 e. The van der Waals surface area contributed by atoms with Crippen LogP contribution in [0.4, 0.5) is 9.18 Å². The van der Waals surface area contributed by atoms with E-state index in [-0.39, 0.29) is 5.75 Å². The predicted molar refractivity (Wildman–Crippen MR) is 70.1 cm³/mol. The Morgan fingerprint density at radius 2 is 1.90 bits per heavy atom. The van der Waals surface area contributed by atoms with Crippen LogP contribution in [0.15, 0.2) is 24.3 Å². The third-order valence-corrected chi connectivity index (χ3v) is 2.14. The zero-order valence-corrected chi connectivity index (χ0v) is 11.3. The van der Waals surface area contributed by atoms with Gasteiger partial charge in [-0.3, -0.25) is 10.1 Å². The van der Waals surface area contributed by atoms with E-state index < -0.39 is 36.9 Å².